The maximum atomic E-state index is 12.4. The third kappa shape index (κ3) is 2.54. The van der Waals surface area contributed by atoms with E-state index in [0.717, 1.165) is 19.4 Å². The van der Waals surface area contributed by atoms with Crippen LogP contribution in [-0.2, 0) is 10.0 Å². The first-order valence-corrected chi connectivity index (χ1v) is 9.08. The van der Waals surface area contributed by atoms with Crippen molar-refractivity contribution >= 4 is 27.3 Å². The number of thiophene rings is 1. The lowest BCUT2D eigenvalue weighted by molar-refractivity contribution is 0.0678. The zero-order valence-electron chi connectivity index (χ0n) is 10.6. The van der Waals surface area contributed by atoms with Crippen LogP contribution in [0.15, 0.2) is 16.8 Å². The van der Waals surface area contributed by atoms with E-state index in [0.29, 0.717) is 11.5 Å². The fraction of sp³-hybridized carbons (Fsp3) is 0.583. The summed E-state index contributed by atoms with van der Waals surface area (Å²) in [5.41, 5.74) is 0.704. The van der Waals surface area contributed by atoms with E-state index < -0.39 is 10.0 Å². The quantitative estimate of drug-likeness (QED) is 0.902. The van der Waals surface area contributed by atoms with Gasteiger partial charge < -0.3 is 4.90 Å². The van der Waals surface area contributed by atoms with Crippen molar-refractivity contribution in [3.63, 3.8) is 0 Å². The number of hydrogen-bond donors (Lipinski definition) is 1. The molecule has 1 saturated carbocycles. The van der Waals surface area contributed by atoms with Crippen LogP contribution in [-0.4, -0.2) is 44.1 Å². The van der Waals surface area contributed by atoms with Crippen molar-refractivity contribution in [1.82, 2.24) is 9.62 Å². The highest BCUT2D eigenvalue weighted by Crippen LogP contribution is 2.38. The molecule has 2 fully saturated rings. The van der Waals surface area contributed by atoms with Gasteiger partial charge in [-0.15, -0.1) is 0 Å². The molecule has 2 bridgehead atoms. The summed E-state index contributed by atoms with van der Waals surface area (Å²) in [6.45, 7) is 0.751. The number of hydrogen-bond acceptors (Lipinski definition) is 4. The summed E-state index contributed by atoms with van der Waals surface area (Å²) in [5, 5.41) is 3.72. The fourth-order valence-corrected chi connectivity index (χ4v) is 4.65. The molecule has 0 unspecified atom stereocenters. The van der Waals surface area contributed by atoms with Crippen LogP contribution in [0.5, 0.6) is 0 Å². The lowest BCUT2D eigenvalue weighted by Crippen LogP contribution is -2.51. The van der Waals surface area contributed by atoms with Gasteiger partial charge in [0.15, 0.2) is 0 Å². The van der Waals surface area contributed by atoms with Crippen molar-refractivity contribution in [3.05, 3.63) is 22.4 Å². The summed E-state index contributed by atoms with van der Waals surface area (Å²) >= 11 is 1.50. The molecule has 0 radical (unpaired) electrons. The average Bonchev–Trinajstić information content (AvgIpc) is 3.01. The van der Waals surface area contributed by atoms with Crippen LogP contribution in [0.2, 0.25) is 0 Å². The molecule has 0 spiro atoms. The number of nitrogens with one attached hydrogen (secondary N) is 1. The predicted molar refractivity (Wildman–Crippen MR) is 73.6 cm³/mol. The summed E-state index contributed by atoms with van der Waals surface area (Å²) in [6, 6.07) is 1.70. The number of nitrogens with zero attached hydrogens (tertiary/aromatic N) is 1. The minimum Gasteiger partial charge on any atom is -0.334 e. The molecule has 1 aliphatic carbocycles. The topological polar surface area (TPSA) is 66.5 Å². The summed E-state index contributed by atoms with van der Waals surface area (Å²) < 4.78 is 25.4. The first-order chi connectivity index (χ1) is 8.94. The Hall–Kier alpha value is -0.920. The molecule has 0 aromatic carbocycles. The van der Waals surface area contributed by atoms with Gasteiger partial charge in [-0.1, -0.05) is 0 Å². The van der Waals surface area contributed by atoms with Crippen LogP contribution in [0, 0.1) is 5.92 Å². The van der Waals surface area contributed by atoms with E-state index in [1.807, 2.05) is 21.7 Å². The van der Waals surface area contributed by atoms with Gasteiger partial charge in [0.05, 0.1) is 11.8 Å². The van der Waals surface area contributed by atoms with Gasteiger partial charge in [0.1, 0.15) is 0 Å². The number of likely N-dealkylation sites (tertiary alicyclic amines) is 1. The Morgan fingerprint density at radius 3 is 2.84 bits per heavy atom. The molecule has 1 aliphatic heterocycles. The molecule has 3 rings (SSSR count). The van der Waals surface area contributed by atoms with Crippen LogP contribution >= 0.6 is 11.3 Å². The van der Waals surface area contributed by atoms with E-state index in [-0.39, 0.29) is 18.0 Å². The van der Waals surface area contributed by atoms with E-state index in [9.17, 15) is 13.2 Å². The monoisotopic (exact) mass is 300 g/mol. The Bertz CT molecular complexity index is 582. The first kappa shape index (κ1) is 13.1. The molecular weight excluding hydrogens is 284 g/mol. The third-order valence-electron chi connectivity index (χ3n) is 3.88. The molecule has 3 atom stereocenters. The molecule has 2 aliphatic rings. The second kappa shape index (κ2) is 4.57. The second-order valence-electron chi connectivity index (χ2n) is 5.37. The standard InChI is InChI=1S/C12H16N2O3S2/c1-19(16,17)13-10-4-8-5-11(10)14(6-8)12(15)9-2-3-18-7-9/h2-3,7-8,10-11,13H,4-6H2,1H3/t8-,10+,11-/m1/s1. The third-order valence-corrected chi connectivity index (χ3v) is 5.29. The van der Waals surface area contributed by atoms with Crippen molar-refractivity contribution in [1.29, 1.82) is 0 Å². The molecule has 7 heteroatoms. The van der Waals surface area contributed by atoms with Gasteiger partial charge in [-0.2, -0.15) is 11.3 Å². The van der Waals surface area contributed by atoms with Gasteiger partial charge in [-0.25, -0.2) is 13.1 Å². The molecule has 2 heterocycles. The van der Waals surface area contributed by atoms with Crippen molar-refractivity contribution in [3.8, 4) is 0 Å². The largest absolute Gasteiger partial charge is 0.334 e. The van der Waals surface area contributed by atoms with Crippen LogP contribution in [0.4, 0.5) is 0 Å². The average molecular weight is 300 g/mol. The van der Waals surface area contributed by atoms with Crippen LogP contribution in [0.25, 0.3) is 0 Å². The lowest BCUT2D eigenvalue weighted by Gasteiger charge is -2.33. The Kier molecular flexibility index (Phi) is 3.15. The van der Waals surface area contributed by atoms with E-state index in [1.54, 1.807) is 0 Å². The summed E-state index contributed by atoms with van der Waals surface area (Å²) in [4.78, 5) is 14.2. The SMILES string of the molecule is CS(=O)(=O)N[C@H]1C[C@@H]2C[C@H]1N(C(=O)c1ccsc1)C2. The second-order valence-corrected chi connectivity index (χ2v) is 7.93. The zero-order chi connectivity index (χ0) is 13.6. The van der Waals surface area contributed by atoms with Gasteiger partial charge in [0, 0.05) is 24.0 Å². The highest BCUT2D eigenvalue weighted by atomic mass is 32.2. The fourth-order valence-electron chi connectivity index (χ4n) is 3.21. The normalized spacial score (nSPS) is 29.9. The number of carbonyl (C=O) groups excluding carboxylic acids is 1. The number of carbonyl (C=O) groups is 1. The molecule has 104 valence electrons. The smallest absolute Gasteiger partial charge is 0.255 e. The molecular formula is C12H16N2O3S2. The van der Waals surface area contributed by atoms with Gasteiger partial charge >= 0.3 is 0 Å². The van der Waals surface area contributed by atoms with Crippen molar-refractivity contribution in [2.75, 3.05) is 12.8 Å². The lowest BCUT2D eigenvalue weighted by atomic mass is 10.1. The first-order valence-electron chi connectivity index (χ1n) is 6.24. The maximum Gasteiger partial charge on any atom is 0.255 e. The molecule has 1 saturated heterocycles. The number of fused-ring (bicyclic) bond motifs is 2. The number of amides is 1. The van der Waals surface area contributed by atoms with E-state index >= 15 is 0 Å². The van der Waals surface area contributed by atoms with Gasteiger partial charge in [0.25, 0.3) is 5.91 Å². The highest BCUT2D eigenvalue weighted by molar-refractivity contribution is 7.88. The Labute approximate surface area is 116 Å². The maximum absolute atomic E-state index is 12.4. The van der Waals surface area contributed by atoms with E-state index in [4.69, 9.17) is 0 Å². The Morgan fingerprint density at radius 2 is 2.26 bits per heavy atom. The van der Waals surface area contributed by atoms with E-state index in [1.165, 1.54) is 17.6 Å². The van der Waals surface area contributed by atoms with Crippen LogP contribution in [0.1, 0.15) is 23.2 Å². The van der Waals surface area contributed by atoms with Crippen LogP contribution < -0.4 is 4.72 Å². The predicted octanol–water partition coefficient (Wildman–Crippen LogP) is 0.900. The van der Waals surface area contributed by atoms with Crippen LogP contribution in [0.3, 0.4) is 0 Å². The molecule has 1 N–H and O–H groups in total. The van der Waals surface area contributed by atoms with E-state index in [2.05, 4.69) is 4.72 Å². The number of rotatable bonds is 3. The van der Waals surface area contributed by atoms with Gasteiger partial charge in [0.2, 0.25) is 10.0 Å². The Balaban J connectivity index is 1.77. The summed E-state index contributed by atoms with van der Waals surface area (Å²) in [7, 11) is -3.22. The molecule has 1 aromatic heterocycles. The minimum atomic E-state index is -3.22. The van der Waals surface area contributed by atoms with Crippen molar-refractivity contribution < 1.29 is 13.2 Å². The van der Waals surface area contributed by atoms with Gasteiger partial charge in [-0.3, -0.25) is 4.79 Å². The summed E-state index contributed by atoms with van der Waals surface area (Å²) in [6.07, 6.45) is 2.91. The molecule has 1 amide bonds. The molecule has 5 nitrogen and oxygen atoms in total. The number of piperidine rings is 1. The van der Waals surface area contributed by atoms with Crippen molar-refractivity contribution in [2.24, 2.45) is 5.92 Å². The summed E-state index contributed by atoms with van der Waals surface area (Å²) in [5.74, 6) is 0.445. The molecule has 19 heavy (non-hydrogen) atoms. The zero-order valence-corrected chi connectivity index (χ0v) is 12.2. The Morgan fingerprint density at radius 1 is 1.47 bits per heavy atom. The molecule has 1 aromatic rings. The highest BCUT2D eigenvalue weighted by Gasteiger charge is 2.47. The minimum absolute atomic E-state index is 0.00660. The van der Waals surface area contributed by atoms with Crippen molar-refractivity contribution in [2.45, 2.75) is 24.9 Å². The number of sulfonamides is 1. The van der Waals surface area contributed by atoms with Gasteiger partial charge in [-0.05, 0) is 30.2 Å².